The lowest BCUT2D eigenvalue weighted by Crippen LogP contribution is -3.18. The van der Waals surface area contributed by atoms with Gasteiger partial charge in [0.25, 0.3) is 0 Å². The Hall–Kier alpha value is -1.80. The third kappa shape index (κ3) is 5.11. The van der Waals surface area contributed by atoms with Crippen LogP contribution in [0.25, 0.3) is 0 Å². The van der Waals surface area contributed by atoms with Crippen LogP contribution in [0.5, 0.6) is 5.75 Å². The molecule has 3 rings (SSSR count). The van der Waals surface area contributed by atoms with Gasteiger partial charge in [-0.05, 0) is 56.7 Å². The Labute approximate surface area is 154 Å². The number of nitrogens with one attached hydrogen (secondary N) is 2. The molecule has 3 atom stereocenters. The topological polar surface area (TPSA) is 86.1 Å². The highest BCUT2D eigenvalue weighted by Crippen LogP contribution is 2.20. The van der Waals surface area contributed by atoms with Crippen molar-refractivity contribution < 1.29 is 27.0 Å². The number of benzene rings is 1. The summed E-state index contributed by atoms with van der Waals surface area (Å²) in [6, 6.07) is 7.11. The molecule has 2 aliphatic rings. The molecule has 0 radical (unpaired) electrons. The molecular weight excluding hydrogens is 356 g/mol. The van der Waals surface area contributed by atoms with Gasteiger partial charge < -0.3 is 13.8 Å². The number of quaternary nitrogens is 1. The summed E-state index contributed by atoms with van der Waals surface area (Å²) >= 11 is 0. The van der Waals surface area contributed by atoms with Crippen LogP contribution in [-0.4, -0.2) is 40.2 Å². The van der Waals surface area contributed by atoms with Crippen molar-refractivity contribution in [2.24, 2.45) is 5.92 Å². The first kappa shape index (κ1) is 19.0. The summed E-state index contributed by atoms with van der Waals surface area (Å²) in [4.78, 5) is 13.5. The number of carbonyl (C=O) groups excluding carboxylic acids is 1. The number of hydrogen-bond acceptors (Lipinski definition) is 5. The molecule has 1 aromatic carbocycles. The van der Waals surface area contributed by atoms with Gasteiger partial charge in [0.05, 0.1) is 19.1 Å². The molecule has 2 aliphatic heterocycles. The van der Waals surface area contributed by atoms with E-state index in [-0.39, 0.29) is 12.4 Å². The highest BCUT2D eigenvalue weighted by atomic mass is 32.2. The SMILES string of the molecule is Cc1cccc(OS(=O)(=O)NC(=O)OC[C@@H]2CCC[NH+]3CCCC[C@@H]23)c1. The van der Waals surface area contributed by atoms with Crippen molar-refractivity contribution >= 4 is 16.4 Å². The number of piperidine rings is 2. The zero-order valence-electron chi connectivity index (χ0n) is 15.1. The molecule has 1 unspecified atom stereocenters. The maximum atomic E-state index is 12.0. The summed E-state index contributed by atoms with van der Waals surface area (Å²) in [6.45, 7) is 4.44. The molecule has 144 valence electrons. The fourth-order valence-electron chi connectivity index (χ4n) is 4.11. The fourth-order valence-corrected chi connectivity index (χ4v) is 4.77. The van der Waals surface area contributed by atoms with E-state index < -0.39 is 16.4 Å². The van der Waals surface area contributed by atoms with Gasteiger partial charge in [0, 0.05) is 5.92 Å². The Morgan fingerprint density at radius 2 is 2.04 bits per heavy atom. The normalized spacial score (nSPS) is 25.8. The molecule has 26 heavy (non-hydrogen) atoms. The summed E-state index contributed by atoms with van der Waals surface area (Å²) in [6.07, 6.45) is 4.79. The third-order valence-electron chi connectivity index (χ3n) is 5.26. The quantitative estimate of drug-likeness (QED) is 0.798. The zero-order valence-corrected chi connectivity index (χ0v) is 15.9. The van der Waals surface area contributed by atoms with Crippen LogP contribution in [0.15, 0.2) is 24.3 Å². The number of aryl methyl sites for hydroxylation is 1. The predicted molar refractivity (Wildman–Crippen MR) is 96.3 cm³/mol. The van der Waals surface area contributed by atoms with Crippen molar-refractivity contribution in [3.8, 4) is 5.75 Å². The van der Waals surface area contributed by atoms with E-state index in [0.29, 0.717) is 12.0 Å². The van der Waals surface area contributed by atoms with E-state index in [1.165, 1.54) is 32.0 Å². The largest absolute Gasteiger partial charge is 0.448 e. The molecule has 2 N–H and O–H groups in total. The van der Waals surface area contributed by atoms with Gasteiger partial charge in [0.15, 0.2) is 0 Å². The second-order valence-electron chi connectivity index (χ2n) is 7.22. The zero-order chi connectivity index (χ0) is 18.6. The van der Waals surface area contributed by atoms with Crippen LogP contribution < -0.4 is 13.8 Å². The Morgan fingerprint density at radius 3 is 2.85 bits per heavy atom. The molecule has 0 aliphatic carbocycles. The van der Waals surface area contributed by atoms with Gasteiger partial charge in [-0.1, -0.05) is 12.1 Å². The van der Waals surface area contributed by atoms with Crippen LogP contribution in [-0.2, 0) is 15.0 Å². The average Bonchev–Trinajstić information content (AvgIpc) is 2.59. The molecule has 7 nitrogen and oxygen atoms in total. The minimum absolute atomic E-state index is 0.152. The molecule has 1 amide bonds. The fraction of sp³-hybridized carbons (Fsp3) is 0.611. The number of amides is 1. The summed E-state index contributed by atoms with van der Waals surface area (Å²) in [7, 11) is -4.26. The molecule has 2 heterocycles. The first-order chi connectivity index (χ1) is 12.4. The summed E-state index contributed by atoms with van der Waals surface area (Å²) in [5.41, 5.74) is 0.858. The van der Waals surface area contributed by atoms with Gasteiger partial charge in [-0.3, -0.25) is 0 Å². The van der Waals surface area contributed by atoms with E-state index in [4.69, 9.17) is 8.92 Å². The Balaban J connectivity index is 1.50. The number of rotatable bonds is 5. The Kier molecular flexibility index (Phi) is 6.03. The van der Waals surface area contributed by atoms with Crippen LogP contribution in [0.1, 0.15) is 37.7 Å². The van der Waals surface area contributed by atoms with Crippen molar-refractivity contribution in [1.82, 2.24) is 4.72 Å². The maximum absolute atomic E-state index is 12.0. The smallest absolute Gasteiger partial charge is 0.423 e. The summed E-state index contributed by atoms with van der Waals surface area (Å²) in [5.74, 6) is 0.448. The van der Waals surface area contributed by atoms with Crippen LogP contribution in [0.3, 0.4) is 0 Å². The van der Waals surface area contributed by atoms with Crippen LogP contribution in [0.4, 0.5) is 4.79 Å². The summed E-state index contributed by atoms with van der Waals surface area (Å²) in [5, 5.41) is 0. The van der Waals surface area contributed by atoms with Crippen molar-refractivity contribution in [3.05, 3.63) is 29.8 Å². The van der Waals surface area contributed by atoms with Crippen LogP contribution in [0.2, 0.25) is 0 Å². The minimum Gasteiger partial charge on any atom is -0.448 e. The summed E-state index contributed by atoms with van der Waals surface area (Å²) < 4.78 is 35.8. The lowest BCUT2D eigenvalue weighted by Gasteiger charge is -2.40. The van der Waals surface area contributed by atoms with E-state index >= 15 is 0 Å². The number of carbonyl (C=O) groups is 1. The molecule has 0 aromatic heterocycles. The van der Waals surface area contributed by atoms with E-state index in [2.05, 4.69) is 0 Å². The molecular formula is C18H27N2O5S+. The third-order valence-corrected chi connectivity index (χ3v) is 6.09. The number of fused-ring (bicyclic) bond motifs is 1. The van der Waals surface area contributed by atoms with Crippen molar-refractivity contribution in [1.29, 1.82) is 0 Å². The van der Waals surface area contributed by atoms with Crippen LogP contribution in [0, 0.1) is 12.8 Å². The molecule has 0 saturated carbocycles. The highest BCUT2D eigenvalue weighted by Gasteiger charge is 2.37. The van der Waals surface area contributed by atoms with E-state index in [0.717, 1.165) is 24.8 Å². The van der Waals surface area contributed by atoms with Gasteiger partial charge >= 0.3 is 16.4 Å². The van der Waals surface area contributed by atoms with Gasteiger partial charge in [-0.2, -0.15) is 13.1 Å². The molecule has 2 saturated heterocycles. The predicted octanol–water partition coefficient (Wildman–Crippen LogP) is 1.19. The van der Waals surface area contributed by atoms with E-state index in [1.54, 1.807) is 17.0 Å². The van der Waals surface area contributed by atoms with Crippen molar-refractivity contribution in [3.63, 3.8) is 0 Å². The molecule has 1 aromatic rings. The van der Waals surface area contributed by atoms with Gasteiger partial charge in [0.1, 0.15) is 12.4 Å². The molecule has 0 bridgehead atoms. The molecule has 0 spiro atoms. The number of ether oxygens (including phenoxy) is 1. The van der Waals surface area contributed by atoms with Gasteiger partial charge in [-0.15, -0.1) is 0 Å². The van der Waals surface area contributed by atoms with Crippen molar-refractivity contribution in [2.45, 2.75) is 45.1 Å². The second kappa shape index (κ2) is 8.26. The highest BCUT2D eigenvalue weighted by molar-refractivity contribution is 7.85. The van der Waals surface area contributed by atoms with Gasteiger partial charge in [0.2, 0.25) is 0 Å². The second-order valence-corrected chi connectivity index (χ2v) is 8.50. The van der Waals surface area contributed by atoms with E-state index in [1.807, 2.05) is 17.7 Å². The molecule has 2 fully saturated rings. The van der Waals surface area contributed by atoms with Gasteiger partial charge in [-0.25, -0.2) is 4.79 Å². The first-order valence-electron chi connectivity index (χ1n) is 9.23. The maximum Gasteiger partial charge on any atom is 0.423 e. The Morgan fingerprint density at radius 1 is 1.23 bits per heavy atom. The lowest BCUT2D eigenvalue weighted by atomic mass is 9.84. The number of hydrogen-bond donors (Lipinski definition) is 2. The van der Waals surface area contributed by atoms with Crippen LogP contribution >= 0.6 is 0 Å². The van der Waals surface area contributed by atoms with E-state index in [9.17, 15) is 13.2 Å². The molecule has 8 heteroatoms. The Bertz CT molecular complexity index is 735. The average molecular weight is 383 g/mol. The first-order valence-corrected chi connectivity index (χ1v) is 10.6. The monoisotopic (exact) mass is 383 g/mol. The van der Waals surface area contributed by atoms with Crippen molar-refractivity contribution in [2.75, 3.05) is 19.7 Å². The standard InChI is InChI=1S/C18H26N2O5S/c1-14-6-4-8-16(12-14)25-26(22,23)19-18(21)24-13-15-7-5-11-20-10-3-2-9-17(15)20/h4,6,8,12,15,17H,2-3,5,7,9-11,13H2,1H3,(H,19,21)/p+1/t15-,17-/m0/s1. The minimum atomic E-state index is -4.26. The lowest BCUT2D eigenvalue weighted by molar-refractivity contribution is -0.940.